The molecular formula is C20H25N3O2S. The molecule has 0 saturated heterocycles. The number of hydrogen-bond donors (Lipinski definition) is 2. The molecule has 0 aliphatic rings. The van der Waals surface area contributed by atoms with Crippen LogP contribution in [0.4, 0.5) is 0 Å². The molecule has 5 nitrogen and oxygen atoms in total. The molecule has 0 fully saturated rings. The number of aliphatic hydroxyl groups is 1. The van der Waals surface area contributed by atoms with Crippen molar-refractivity contribution in [3.8, 4) is 17.0 Å². The minimum Gasteiger partial charge on any atom is -0.497 e. The number of benzene rings is 1. The monoisotopic (exact) mass is 371 g/mol. The summed E-state index contributed by atoms with van der Waals surface area (Å²) < 4.78 is 5.23. The predicted molar refractivity (Wildman–Crippen MR) is 105 cm³/mol. The van der Waals surface area contributed by atoms with Crippen molar-refractivity contribution < 1.29 is 9.84 Å². The van der Waals surface area contributed by atoms with E-state index in [0.29, 0.717) is 6.54 Å². The van der Waals surface area contributed by atoms with Crippen molar-refractivity contribution in [1.82, 2.24) is 15.1 Å². The number of rotatable bonds is 8. The van der Waals surface area contributed by atoms with Crippen LogP contribution in [-0.4, -0.2) is 40.0 Å². The van der Waals surface area contributed by atoms with E-state index in [0.717, 1.165) is 35.7 Å². The normalized spacial score (nSPS) is 12.5. The molecule has 2 N–H and O–H groups in total. The third kappa shape index (κ3) is 4.52. The molecule has 6 heteroatoms. The summed E-state index contributed by atoms with van der Waals surface area (Å²) in [5.74, 6) is 0.832. The van der Waals surface area contributed by atoms with Crippen molar-refractivity contribution in [2.24, 2.45) is 0 Å². The van der Waals surface area contributed by atoms with Gasteiger partial charge in [0.15, 0.2) is 0 Å². The van der Waals surface area contributed by atoms with Gasteiger partial charge in [-0.15, -0.1) is 11.3 Å². The fourth-order valence-corrected chi connectivity index (χ4v) is 3.95. The Morgan fingerprint density at radius 2 is 2.00 bits per heavy atom. The van der Waals surface area contributed by atoms with Crippen LogP contribution < -0.4 is 4.74 Å². The van der Waals surface area contributed by atoms with Crippen LogP contribution in [0.15, 0.2) is 41.9 Å². The second kappa shape index (κ2) is 8.49. The first kappa shape index (κ1) is 18.6. The van der Waals surface area contributed by atoms with Gasteiger partial charge in [-0.3, -0.25) is 10.00 Å². The topological polar surface area (TPSA) is 61.4 Å². The molecule has 138 valence electrons. The largest absolute Gasteiger partial charge is 0.497 e. The average Bonchev–Trinajstić information content (AvgIpc) is 3.24. The molecule has 0 aliphatic carbocycles. The van der Waals surface area contributed by atoms with E-state index in [-0.39, 0.29) is 6.10 Å². The van der Waals surface area contributed by atoms with E-state index in [1.165, 1.54) is 10.4 Å². The second-order valence-corrected chi connectivity index (χ2v) is 7.54. The summed E-state index contributed by atoms with van der Waals surface area (Å²) >= 11 is 1.76. The van der Waals surface area contributed by atoms with Crippen LogP contribution >= 0.6 is 11.3 Å². The maximum absolute atomic E-state index is 9.92. The van der Waals surface area contributed by atoms with Crippen molar-refractivity contribution in [3.63, 3.8) is 0 Å². The molecule has 2 aromatic heterocycles. The molecule has 0 saturated carbocycles. The zero-order chi connectivity index (χ0) is 18.5. The van der Waals surface area contributed by atoms with Gasteiger partial charge in [-0.2, -0.15) is 5.10 Å². The standard InChI is InChI=1S/C20H25N3O2S/c1-14-8-9-26-19(14)13-23(11-15(2)24)12-17-10-21-22-20(17)16-4-6-18(25-3)7-5-16/h4-10,15,24H,11-13H2,1-3H3,(H,21,22)/t15-/m1/s1. The van der Waals surface area contributed by atoms with E-state index in [9.17, 15) is 5.11 Å². The number of aliphatic hydroxyl groups excluding tert-OH is 1. The van der Waals surface area contributed by atoms with Gasteiger partial charge in [0.1, 0.15) is 5.75 Å². The summed E-state index contributed by atoms with van der Waals surface area (Å²) in [6, 6.07) is 10.1. The molecule has 0 bridgehead atoms. The minimum absolute atomic E-state index is 0.383. The molecule has 26 heavy (non-hydrogen) atoms. The van der Waals surface area contributed by atoms with Gasteiger partial charge in [0, 0.05) is 35.6 Å². The molecule has 2 heterocycles. The first-order valence-corrected chi connectivity index (χ1v) is 9.55. The van der Waals surface area contributed by atoms with Crippen LogP contribution in [0.2, 0.25) is 0 Å². The number of aromatic amines is 1. The maximum atomic E-state index is 9.92. The lowest BCUT2D eigenvalue weighted by atomic mass is 10.1. The summed E-state index contributed by atoms with van der Waals surface area (Å²) in [5, 5.41) is 19.4. The van der Waals surface area contributed by atoms with Crippen LogP contribution in [0.3, 0.4) is 0 Å². The summed E-state index contributed by atoms with van der Waals surface area (Å²) in [6.07, 6.45) is 1.49. The number of methoxy groups -OCH3 is 1. The molecule has 0 aliphatic heterocycles. The van der Waals surface area contributed by atoms with Gasteiger partial charge in [0.05, 0.1) is 25.1 Å². The molecular weight excluding hydrogens is 346 g/mol. The van der Waals surface area contributed by atoms with Crippen molar-refractivity contribution in [1.29, 1.82) is 0 Å². The SMILES string of the molecule is COc1ccc(-c2[nH]ncc2CN(Cc2sccc2C)C[C@@H](C)O)cc1. The Balaban J connectivity index is 1.80. The molecule has 1 atom stereocenters. The summed E-state index contributed by atoms with van der Waals surface area (Å²) in [6.45, 7) is 6.12. The zero-order valence-corrected chi connectivity index (χ0v) is 16.2. The molecule has 0 radical (unpaired) electrons. The highest BCUT2D eigenvalue weighted by atomic mass is 32.1. The number of H-pyrrole nitrogens is 1. The summed E-state index contributed by atoms with van der Waals surface area (Å²) in [4.78, 5) is 3.60. The van der Waals surface area contributed by atoms with E-state index < -0.39 is 0 Å². The van der Waals surface area contributed by atoms with Crippen molar-refractivity contribution in [2.75, 3.05) is 13.7 Å². The fraction of sp³-hybridized carbons (Fsp3) is 0.350. The summed E-state index contributed by atoms with van der Waals surface area (Å²) in [5.41, 5.74) is 4.49. The van der Waals surface area contributed by atoms with Crippen LogP contribution in [0, 0.1) is 6.92 Å². The Hall–Kier alpha value is -2.15. The smallest absolute Gasteiger partial charge is 0.118 e. The molecule has 0 unspecified atom stereocenters. The third-order valence-electron chi connectivity index (χ3n) is 4.35. The van der Waals surface area contributed by atoms with E-state index in [2.05, 4.69) is 33.5 Å². The average molecular weight is 372 g/mol. The van der Waals surface area contributed by atoms with Crippen LogP contribution in [0.5, 0.6) is 5.75 Å². The maximum Gasteiger partial charge on any atom is 0.118 e. The van der Waals surface area contributed by atoms with E-state index in [1.54, 1.807) is 18.4 Å². The number of nitrogens with one attached hydrogen (secondary N) is 1. The first-order chi connectivity index (χ1) is 12.6. The lowest BCUT2D eigenvalue weighted by molar-refractivity contribution is 0.119. The van der Waals surface area contributed by atoms with Crippen molar-refractivity contribution >= 4 is 11.3 Å². The summed E-state index contributed by atoms with van der Waals surface area (Å²) in [7, 11) is 1.66. The fourth-order valence-electron chi connectivity index (χ4n) is 3.01. The van der Waals surface area contributed by atoms with Gasteiger partial charge in [0.2, 0.25) is 0 Å². The van der Waals surface area contributed by atoms with Crippen molar-refractivity contribution in [3.05, 3.63) is 57.9 Å². The van der Waals surface area contributed by atoms with E-state index in [4.69, 9.17) is 4.74 Å². The predicted octanol–water partition coefficient (Wildman–Crippen LogP) is 3.84. The molecule has 0 spiro atoms. The lowest BCUT2D eigenvalue weighted by Gasteiger charge is -2.23. The molecule has 3 aromatic rings. The number of aryl methyl sites for hydroxylation is 1. The zero-order valence-electron chi connectivity index (χ0n) is 15.4. The number of hydrogen-bond acceptors (Lipinski definition) is 5. The quantitative estimate of drug-likeness (QED) is 0.632. The van der Waals surface area contributed by atoms with E-state index >= 15 is 0 Å². The Morgan fingerprint density at radius 1 is 1.23 bits per heavy atom. The van der Waals surface area contributed by atoms with Gasteiger partial charge in [0.25, 0.3) is 0 Å². The van der Waals surface area contributed by atoms with Crippen LogP contribution in [0.1, 0.15) is 22.9 Å². The first-order valence-electron chi connectivity index (χ1n) is 8.67. The lowest BCUT2D eigenvalue weighted by Crippen LogP contribution is -2.30. The molecule has 0 amide bonds. The highest BCUT2D eigenvalue weighted by Crippen LogP contribution is 2.26. The van der Waals surface area contributed by atoms with Gasteiger partial charge in [-0.25, -0.2) is 0 Å². The van der Waals surface area contributed by atoms with Crippen molar-refractivity contribution in [2.45, 2.75) is 33.0 Å². The number of nitrogens with zero attached hydrogens (tertiary/aromatic N) is 2. The molecule has 1 aromatic carbocycles. The highest BCUT2D eigenvalue weighted by Gasteiger charge is 2.16. The van der Waals surface area contributed by atoms with Gasteiger partial charge in [-0.05, 0) is 55.1 Å². The second-order valence-electron chi connectivity index (χ2n) is 6.54. The Morgan fingerprint density at radius 3 is 2.62 bits per heavy atom. The third-order valence-corrected chi connectivity index (χ3v) is 5.36. The Bertz CT molecular complexity index is 824. The van der Waals surface area contributed by atoms with E-state index in [1.807, 2.05) is 37.4 Å². The van der Waals surface area contributed by atoms with Crippen LogP contribution in [0.25, 0.3) is 11.3 Å². The van der Waals surface area contributed by atoms with Crippen LogP contribution in [-0.2, 0) is 13.1 Å². The van der Waals surface area contributed by atoms with Gasteiger partial charge in [-0.1, -0.05) is 0 Å². The number of ether oxygens (including phenoxy) is 1. The van der Waals surface area contributed by atoms with Gasteiger partial charge >= 0.3 is 0 Å². The Labute approximate surface area is 158 Å². The Kier molecular flexibility index (Phi) is 6.08. The molecule has 3 rings (SSSR count). The number of aromatic nitrogens is 2. The highest BCUT2D eigenvalue weighted by molar-refractivity contribution is 7.10. The number of thiophene rings is 1. The minimum atomic E-state index is -0.383. The van der Waals surface area contributed by atoms with Gasteiger partial charge < -0.3 is 9.84 Å².